The van der Waals surface area contributed by atoms with Crippen LogP contribution in [0.4, 0.5) is 11.4 Å². The molecule has 2 fully saturated rings. The van der Waals surface area contributed by atoms with E-state index in [0.717, 1.165) is 23.4 Å². The number of amides is 3. The Bertz CT molecular complexity index is 1530. The van der Waals surface area contributed by atoms with Gasteiger partial charge in [-0.05, 0) is 75.9 Å². The topological polar surface area (TPSA) is 90.4 Å². The molecule has 2 aromatic rings. The van der Waals surface area contributed by atoms with Crippen molar-refractivity contribution in [3.8, 4) is 5.75 Å². The van der Waals surface area contributed by atoms with Gasteiger partial charge in [0.25, 0.3) is 5.91 Å². The minimum absolute atomic E-state index is 0.0731. The molecule has 1 spiro atoms. The first-order valence-electron chi connectivity index (χ1n) is 15.7. The molecule has 238 valence electrons. The molecule has 3 amide bonds. The van der Waals surface area contributed by atoms with Gasteiger partial charge in [0.15, 0.2) is 0 Å². The lowest BCUT2D eigenvalue weighted by atomic mass is 9.74. The lowest BCUT2D eigenvalue weighted by Crippen LogP contribution is -2.53. The van der Waals surface area contributed by atoms with E-state index < -0.39 is 27.4 Å². The maximum atomic E-state index is 14.8. The maximum absolute atomic E-state index is 14.8. The molecule has 2 saturated heterocycles. The van der Waals surface area contributed by atoms with Crippen molar-refractivity contribution in [3.63, 3.8) is 0 Å². The van der Waals surface area contributed by atoms with Gasteiger partial charge in [0, 0.05) is 36.7 Å². The second kappa shape index (κ2) is 12.5. The normalized spacial score (nSPS) is 29.0. The summed E-state index contributed by atoms with van der Waals surface area (Å²) < 4.78 is 3.96. The summed E-state index contributed by atoms with van der Waals surface area (Å²) >= 11 is 8.26. The van der Waals surface area contributed by atoms with E-state index in [-0.39, 0.29) is 24.3 Å². The maximum Gasteiger partial charge on any atom is 0.251 e. The molecule has 6 rings (SSSR count). The van der Waals surface area contributed by atoms with E-state index >= 15 is 0 Å². The lowest BCUT2D eigenvalue weighted by Gasteiger charge is -2.37. The van der Waals surface area contributed by atoms with Crippen LogP contribution in [-0.2, 0) is 14.4 Å². The van der Waals surface area contributed by atoms with E-state index in [9.17, 15) is 19.5 Å². The first kappa shape index (κ1) is 31.7. The van der Waals surface area contributed by atoms with Gasteiger partial charge in [0.1, 0.15) is 11.8 Å². The molecule has 8 nitrogen and oxygen atoms in total. The van der Waals surface area contributed by atoms with Crippen LogP contribution in [0, 0.1) is 18.8 Å². The zero-order valence-electron chi connectivity index (χ0n) is 25.9. The van der Waals surface area contributed by atoms with Crippen LogP contribution >= 0.6 is 23.4 Å². The van der Waals surface area contributed by atoms with Crippen LogP contribution in [0.25, 0.3) is 0 Å². The number of ether oxygens (including phenoxy) is 1. The van der Waals surface area contributed by atoms with Crippen molar-refractivity contribution < 1.29 is 24.2 Å². The average Bonchev–Trinajstić information content (AvgIpc) is 3.28. The molecule has 0 saturated carbocycles. The highest BCUT2D eigenvalue weighted by Crippen LogP contribution is 2.65. The van der Waals surface area contributed by atoms with Crippen molar-refractivity contribution in [3.05, 3.63) is 77.4 Å². The van der Waals surface area contributed by atoms with Gasteiger partial charge in [-0.15, -0.1) is 11.8 Å². The Hall–Kier alpha value is -3.27. The summed E-state index contributed by atoms with van der Waals surface area (Å²) in [6, 6.07) is 12.2. The number of likely N-dealkylation sites (tertiary alicyclic amines) is 1. The fourth-order valence-electron chi connectivity index (χ4n) is 7.62. The van der Waals surface area contributed by atoms with Gasteiger partial charge in [-0.25, -0.2) is 0 Å². The summed E-state index contributed by atoms with van der Waals surface area (Å²) in [4.78, 5) is 49.3. The number of anilines is 2. The molecule has 4 aliphatic heterocycles. The molecule has 1 unspecified atom stereocenters. The number of hydrogen-bond acceptors (Lipinski definition) is 6. The molecule has 0 radical (unpaired) electrons. The van der Waals surface area contributed by atoms with Crippen LogP contribution in [0.5, 0.6) is 5.75 Å². The Morgan fingerprint density at radius 2 is 1.67 bits per heavy atom. The summed E-state index contributed by atoms with van der Waals surface area (Å²) in [7, 11) is 0. The van der Waals surface area contributed by atoms with E-state index in [4.69, 9.17) is 16.3 Å². The fraction of sp³-hybridized carbons (Fsp3) is 0.457. The van der Waals surface area contributed by atoms with Gasteiger partial charge in [0.05, 0.1) is 33.9 Å². The number of aliphatic hydroxyl groups excluding tert-OH is 1. The monoisotopic (exact) mass is 649 g/mol. The van der Waals surface area contributed by atoms with Gasteiger partial charge in [0.2, 0.25) is 11.8 Å². The van der Waals surface area contributed by atoms with Gasteiger partial charge in [-0.3, -0.25) is 14.4 Å². The quantitative estimate of drug-likeness (QED) is 0.289. The Balaban J connectivity index is 1.43. The molecule has 0 aliphatic carbocycles. The van der Waals surface area contributed by atoms with Crippen LogP contribution in [-0.4, -0.2) is 76.1 Å². The molecule has 2 aromatic carbocycles. The zero-order valence-corrected chi connectivity index (χ0v) is 27.5. The molecule has 1 N–H and O–H groups in total. The third kappa shape index (κ3) is 5.26. The number of halogens is 1. The number of hydrogen-bond donors (Lipinski definition) is 1. The second-order valence-electron chi connectivity index (χ2n) is 12.3. The summed E-state index contributed by atoms with van der Waals surface area (Å²) in [6.07, 6.45) is 10.1. The molecule has 0 bridgehead atoms. The van der Waals surface area contributed by atoms with Crippen molar-refractivity contribution in [1.29, 1.82) is 0 Å². The van der Waals surface area contributed by atoms with Crippen molar-refractivity contribution in [2.75, 3.05) is 42.6 Å². The molecular weight excluding hydrogens is 610 g/mol. The number of nitrogens with zero attached hydrogens (tertiary/aromatic N) is 3. The van der Waals surface area contributed by atoms with E-state index in [2.05, 4.69) is 6.08 Å². The van der Waals surface area contributed by atoms with Gasteiger partial charge < -0.3 is 24.5 Å². The Morgan fingerprint density at radius 1 is 0.933 bits per heavy atom. The van der Waals surface area contributed by atoms with Crippen LogP contribution < -0.4 is 14.5 Å². The minimum atomic E-state index is -0.948. The van der Waals surface area contributed by atoms with Crippen LogP contribution in [0.2, 0.25) is 5.02 Å². The lowest BCUT2D eigenvalue weighted by molar-refractivity contribution is -0.139. The van der Waals surface area contributed by atoms with Crippen molar-refractivity contribution in [1.82, 2.24) is 4.90 Å². The number of aliphatic hydroxyl groups is 1. The van der Waals surface area contributed by atoms with E-state index in [1.165, 1.54) is 0 Å². The van der Waals surface area contributed by atoms with Crippen LogP contribution in [0.1, 0.15) is 38.7 Å². The largest absolute Gasteiger partial charge is 0.494 e. The Morgan fingerprint density at radius 3 is 2.38 bits per heavy atom. The molecule has 4 heterocycles. The molecule has 4 aliphatic rings. The molecule has 0 aromatic heterocycles. The van der Waals surface area contributed by atoms with E-state index in [0.29, 0.717) is 49.8 Å². The van der Waals surface area contributed by atoms with Crippen LogP contribution in [0.3, 0.4) is 0 Å². The summed E-state index contributed by atoms with van der Waals surface area (Å²) in [5, 5.41) is 9.85. The highest BCUT2D eigenvalue weighted by Gasteiger charge is 2.74. The van der Waals surface area contributed by atoms with Crippen molar-refractivity contribution in [2.45, 2.75) is 55.6 Å². The predicted octanol–water partition coefficient (Wildman–Crippen LogP) is 5.40. The standard InChI is InChI=1S/C35H40ClN3O5S/c1-4-44-25-15-13-24(14-16-25)37-20-9-17-34(3)27(31(37)41)28-32(42)39(19-6-5-7-22-40)30-33(43)38(21-10-18-35(28,30)45-34)29-23(2)11-8-12-26(29)36/h8-18,27-28,30,40H,4-7,19-22H2,1-3H3/t27-,28+,30?,34+,35+/m1/s1. The SMILES string of the molecule is CCOc1ccc(N2CC=C[C@]3(C)S[C@]45C=CCN(c6c(C)cccc6Cl)C(=O)C4N(CCCCCO)C(=O)[C@@H]5[C@@H]3C2=O)cc1. The van der Waals surface area contributed by atoms with Crippen LogP contribution in [0.15, 0.2) is 66.8 Å². The van der Waals surface area contributed by atoms with Crippen molar-refractivity contribution >= 4 is 52.5 Å². The Kier molecular flexibility index (Phi) is 8.80. The summed E-state index contributed by atoms with van der Waals surface area (Å²) in [5.41, 5.74) is 2.25. The van der Waals surface area contributed by atoms with E-state index in [1.54, 1.807) is 32.5 Å². The number of thioether (sulfide) groups is 1. The molecular formula is C35H40ClN3O5S. The smallest absolute Gasteiger partial charge is 0.251 e. The van der Waals surface area contributed by atoms with Gasteiger partial charge in [-0.2, -0.15) is 0 Å². The fourth-order valence-corrected chi connectivity index (χ4v) is 10.1. The predicted molar refractivity (Wildman–Crippen MR) is 179 cm³/mol. The minimum Gasteiger partial charge on any atom is -0.494 e. The second-order valence-corrected chi connectivity index (χ2v) is 14.5. The zero-order chi connectivity index (χ0) is 31.9. The number of fused-ring (bicyclic) bond motifs is 2. The number of carbonyl (C=O) groups excluding carboxylic acids is 3. The molecule has 5 atom stereocenters. The third-order valence-corrected chi connectivity index (χ3v) is 11.6. The highest BCUT2D eigenvalue weighted by atomic mass is 35.5. The number of para-hydroxylation sites is 1. The highest BCUT2D eigenvalue weighted by molar-refractivity contribution is 8.02. The first-order chi connectivity index (χ1) is 21.7. The number of carbonyl (C=O) groups is 3. The molecule has 45 heavy (non-hydrogen) atoms. The molecule has 10 heteroatoms. The number of aryl methyl sites for hydroxylation is 1. The number of benzene rings is 2. The Labute approximate surface area is 274 Å². The number of unbranched alkanes of at least 4 members (excludes halogenated alkanes) is 2. The first-order valence-corrected chi connectivity index (χ1v) is 16.9. The summed E-state index contributed by atoms with van der Waals surface area (Å²) in [6.45, 7) is 7.56. The average molecular weight is 650 g/mol. The third-order valence-electron chi connectivity index (χ3n) is 9.53. The van der Waals surface area contributed by atoms with Gasteiger partial charge >= 0.3 is 0 Å². The van der Waals surface area contributed by atoms with Gasteiger partial charge in [-0.1, -0.05) is 48.0 Å². The van der Waals surface area contributed by atoms with E-state index in [1.807, 2.05) is 75.4 Å². The van der Waals surface area contributed by atoms with Crippen molar-refractivity contribution in [2.24, 2.45) is 11.8 Å². The summed E-state index contributed by atoms with van der Waals surface area (Å²) in [5.74, 6) is -1.18. The number of rotatable bonds is 9.